The summed E-state index contributed by atoms with van der Waals surface area (Å²) in [4.78, 5) is 16.9. The van der Waals surface area contributed by atoms with E-state index in [4.69, 9.17) is 4.84 Å². The molecule has 1 aromatic rings. The lowest BCUT2D eigenvalue weighted by atomic mass is 10.1. The summed E-state index contributed by atoms with van der Waals surface area (Å²) in [5.41, 5.74) is 2.13. The number of carbonyl (C=O) groups excluding carboxylic acids is 1. The summed E-state index contributed by atoms with van der Waals surface area (Å²) in [6.07, 6.45) is 8.78. The average Bonchev–Trinajstić information content (AvgIpc) is 2.74. The number of aryl methyl sites for hydroxylation is 1. The van der Waals surface area contributed by atoms with Crippen LogP contribution in [-0.4, -0.2) is 24.8 Å². The minimum absolute atomic E-state index is 0.0150. The molecule has 1 saturated carbocycles. The van der Waals surface area contributed by atoms with Crippen molar-refractivity contribution in [3.63, 3.8) is 0 Å². The molecular weight excluding hydrogens is 264 g/mol. The first-order chi connectivity index (χ1) is 10.3. The number of hydrogen-bond donors (Lipinski definition) is 1. The highest BCUT2D eigenvalue weighted by molar-refractivity contribution is 5.81. The molecule has 4 heteroatoms. The molecule has 1 aliphatic rings. The Morgan fingerprint density at radius 2 is 2.00 bits per heavy atom. The van der Waals surface area contributed by atoms with Crippen LogP contribution in [-0.2, 0) is 9.63 Å². The molecule has 4 nitrogen and oxygen atoms in total. The van der Waals surface area contributed by atoms with Gasteiger partial charge in [0.25, 0.3) is 5.91 Å². The highest BCUT2D eigenvalue weighted by Gasteiger charge is 2.14. The maximum absolute atomic E-state index is 11.8. The average molecular weight is 288 g/mol. The SMILES string of the molecule is Cc1ccccc1/C=N/OCC(=O)NC1CCCCCC1. The first kappa shape index (κ1) is 15.5. The minimum Gasteiger partial charge on any atom is -0.386 e. The van der Waals surface area contributed by atoms with Crippen LogP contribution in [0.5, 0.6) is 0 Å². The van der Waals surface area contributed by atoms with Crippen LogP contribution in [0.4, 0.5) is 0 Å². The second-order valence-electron chi connectivity index (χ2n) is 5.62. The van der Waals surface area contributed by atoms with Gasteiger partial charge in [0.1, 0.15) is 0 Å². The lowest BCUT2D eigenvalue weighted by Crippen LogP contribution is -2.36. The van der Waals surface area contributed by atoms with Crippen LogP contribution in [0.15, 0.2) is 29.4 Å². The molecule has 1 aliphatic carbocycles. The zero-order valence-corrected chi connectivity index (χ0v) is 12.7. The Bertz CT molecular complexity index is 477. The number of hydrogen-bond acceptors (Lipinski definition) is 3. The summed E-state index contributed by atoms with van der Waals surface area (Å²) < 4.78 is 0. The normalized spacial score (nSPS) is 16.6. The van der Waals surface area contributed by atoms with Gasteiger partial charge in [0.15, 0.2) is 6.61 Å². The van der Waals surface area contributed by atoms with E-state index in [0.29, 0.717) is 6.04 Å². The Labute approximate surface area is 126 Å². The van der Waals surface area contributed by atoms with Gasteiger partial charge >= 0.3 is 0 Å². The second-order valence-corrected chi connectivity index (χ2v) is 5.62. The molecule has 0 atom stereocenters. The van der Waals surface area contributed by atoms with Crippen LogP contribution in [0.3, 0.4) is 0 Å². The summed E-state index contributed by atoms with van der Waals surface area (Å²) >= 11 is 0. The van der Waals surface area contributed by atoms with Gasteiger partial charge < -0.3 is 10.2 Å². The van der Waals surface area contributed by atoms with Crippen molar-refractivity contribution >= 4 is 12.1 Å². The van der Waals surface area contributed by atoms with E-state index in [1.807, 2.05) is 31.2 Å². The van der Waals surface area contributed by atoms with Gasteiger partial charge in [-0.2, -0.15) is 0 Å². The third-order valence-electron chi connectivity index (χ3n) is 3.87. The van der Waals surface area contributed by atoms with Crippen molar-refractivity contribution in [1.29, 1.82) is 0 Å². The molecule has 1 N–H and O–H groups in total. The molecule has 2 rings (SSSR count). The Morgan fingerprint density at radius 3 is 2.71 bits per heavy atom. The third-order valence-corrected chi connectivity index (χ3v) is 3.87. The van der Waals surface area contributed by atoms with Crippen molar-refractivity contribution in [2.45, 2.75) is 51.5 Å². The Morgan fingerprint density at radius 1 is 1.29 bits per heavy atom. The number of rotatable bonds is 5. The van der Waals surface area contributed by atoms with E-state index < -0.39 is 0 Å². The van der Waals surface area contributed by atoms with Gasteiger partial charge in [0, 0.05) is 6.04 Å². The highest BCUT2D eigenvalue weighted by atomic mass is 16.6. The molecular formula is C17H24N2O2. The van der Waals surface area contributed by atoms with Crippen molar-refractivity contribution < 1.29 is 9.63 Å². The van der Waals surface area contributed by atoms with Gasteiger partial charge in [-0.25, -0.2) is 0 Å². The highest BCUT2D eigenvalue weighted by Crippen LogP contribution is 2.17. The molecule has 0 heterocycles. The monoisotopic (exact) mass is 288 g/mol. The molecule has 0 spiro atoms. The lowest BCUT2D eigenvalue weighted by molar-refractivity contribution is -0.126. The molecule has 0 radical (unpaired) electrons. The van der Waals surface area contributed by atoms with Crippen LogP contribution in [0.25, 0.3) is 0 Å². The molecule has 0 aromatic heterocycles. The van der Waals surface area contributed by atoms with Crippen LogP contribution in [0, 0.1) is 6.92 Å². The van der Waals surface area contributed by atoms with Crippen LogP contribution in [0.2, 0.25) is 0 Å². The zero-order chi connectivity index (χ0) is 14.9. The summed E-state index contributed by atoms with van der Waals surface area (Å²) in [7, 11) is 0. The predicted octanol–water partition coefficient (Wildman–Crippen LogP) is 3.18. The number of carbonyl (C=O) groups is 1. The van der Waals surface area contributed by atoms with Crippen molar-refractivity contribution in [2.24, 2.45) is 5.16 Å². The fraction of sp³-hybridized carbons (Fsp3) is 0.529. The van der Waals surface area contributed by atoms with Gasteiger partial charge in [0.2, 0.25) is 0 Å². The van der Waals surface area contributed by atoms with Crippen LogP contribution < -0.4 is 5.32 Å². The van der Waals surface area contributed by atoms with Crippen molar-refractivity contribution in [2.75, 3.05) is 6.61 Å². The quantitative estimate of drug-likeness (QED) is 0.514. The maximum atomic E-state index is 11.8. The molecule has 1 amide bonds. The van der Waals surface area contributed by atoms with Crippen molar-refractivity contribution in [3.8, 4) is 0 Å². The van der Waals surface area contributed by atoms with E-state index in [2.05, 4.69) is 10.5 Å². The largest absolute Gasteiger partial charge is 0.386 e. The van der Waals surface area contributed by atoms with Gasteiger partial charge in [-0.3, -0.25) is 4.79 Å². The minimum atomic E-state index is -0.0798. The number of nitrogens with zero attached hydrogens (tertiary/aromatic N) is 1. The number of amides is 1. The zero-order valence-electron chi connectivity index (χ0n) is 12.7. The smallest absolute Gasteiger partial charge is 0.260 e. The fourth-order valence-electron chi connectivity index (χ4n) is 2.61. The van der Waals surface area contributed by atoms with E-state index >= 15 is 0 Å². The van der Waals surface area contributed by atoms with E-state index in [0.717, 1.165) is 24.0 Å². The van der Waals surface area contributed by atoms with Gasteiger partial charge in [-0.1, -0.05) is 55.1 Å². The molecule has 0 saturated heterocycles. The number of oxime groups is 1. The topological polar surface area (TPSA) is 50.7 Å². The maximum Gasteiger partial charge on any atom is 0.260 e. The molecule has 1 fully saturated rings. The van der Waals surface area contributed by atoms with Crippen LogP contribution in [0.1, 0.15) is 49.7 Å². The number of nitrogens with one attached hydrogen (secondary N) is 1. The van der Waals surface area contributed by atoms with E-state index in [1.165, 1.54) is 25.7 Å². The molecule has 0 unspecified atom stereocenters. The molecule has 21 heavy (non-hydrogen) atoms. The summed E-state index contributed by atoms with van der Waals surface area (Å²) in [5, 5.41) is 6.90. The first-order valence-corrected chi connectivity index (χ1v) is 7.76. The Hall–Kier alpha value is -1.84. The van der Waals surface area contributed by atoms with E-state index in [-0.39, 0.29) is 12.5 Å². The van der Waals surface area contributed by atoms with Gasteiger partial charge in [0.05, 0.1) is 6.21 Å². The summed E-state index contributed by atoms with van der Waals surface area (Å²) in [6, 6.07) is 8.22. The number of benzene rings is 1. The molecule has 114 valence electrons. The van der Waals surface area contributed by atoms with Crippen molar-refractivity contribution in [3.05, 3.63) is 35.4 Å². The van der Waals surface area contributed by atoms with Crippen molar-refractivity contribution in [1.82, 2.24) is 5.32 Å². The lowest BCUT2D eigenvalue weighted by Gasteiger charge is -2.15. The van der Waals surface area contributed by atoms with Gasteiger partial charge in [-0.15, -0.1) is 0 Å². The Balaban J connectivity index is 1.70. The fourth-order valence-corrected chi connectivity index (χ4v) is 2.61. The molecule has 0 bridgehead atoms. The van der Waals surface area contributed by atoms with Crippen LogP contribution >= 0.6 is 0 Å². The predicted molar refractivity (Wildman–Crippen MR) is 84.4 cm³/mol. The molecule has 0 aliphatic heterocycles. The third kappa shape index (κ3) is 5.58. The van der Waals surface area contributed by atoms with E-state index in [1.54, 1.807) is 6.21 Å². The summed E-state index contributed by atoms with van der Waals surface area (Å²) in [5.74, 6) is -0.0798. The first-order valence-electron chi connectivity index (χ1n) is 7.76. The van der Waals surface area contributed by atoms with E-state index in [9.17, 15) is 4.79 Å². The second kappa shape index (κ2) is 8.45. The molecule has 1 aromatic carbocycles. The van der Waals surface area contributed by atoms with Gasteiger partial charge in [-0.05, 0) is 30.9 Å². The Kier molecular flexibility index (Phi) is 6.25. The standard InChI is InChI=1S/C17H24N2O2/c1-14-8-6-7-9-15(14)12-18-21-13-17(20)19-16-10-4-2-3-5-11-16/h6-9,12,16H,2-5,10-11,13H2,1H3,(H,19,20)/b18-12+. The summed E-state index contributed by atoms with van der Waals surface area (Å²) in [6.45, 7) is 2.00.